The minimum Gasteiger partial charge on any atom is -0.507 e. The van der Waals surface area contributed by atoms with E-state index in [1.165, 1.54) is 38.5 Å². The lowest BCUT2D eigenvalue weighted by Crippen LogP contribution is -2.51. The van der Waals surface area contributed by atoms with Crippen LogP contribution < -0.4 is 9.64 Å². The zero-order valence-electron chi connectivity index (χ0n) is 22.5. The Labute approximate surface area is 219 Å². The molecule has 37 heavy (non-hydrogen) atoms. The van der Waals surface area contributed by atoms with Crippen LogP contribution in [0.25, 0.3) is 22.5 Å². The molecule has 0 radical (unpaired) electrons. The summed E-state index contributed by atoms with van der Waals surface area (Å²) in [6.07, 6.45) is 7.71. The Bertz CT molecular complexity index is 1320. The topological polar surface area (TPSA) is 84.3 Å². The van der Waals surface area contributed by atoms with Gasteiger partial charge in [0.15, 0.2) is 5.82 Å². The SMILES string of the molecule is COc1cc(-c2ccc(-c3ccc(N(C4CC4)[C@@H]4C[C@@]5(C)CC[C@](C)(C5)[C@@H]4C)nn3)c(O)c2)nnc1C. The zero-order chi connectivity index (χ0) is 25.9. The molecule has 3 fully saturated rings. The van der Waals surface area contributed by atoms with Crippen molar-refractivity contribution in [1.29, 1.82) is 0 Å². The standard InChI is InChI=1S/C30H37N5O2/c1-18-25(16-29(3)12-13-30(18,4)17-29)35(21-7-8-21)28-11-10-23(32-34-28)22-9-6-20(14-26(22)36)24-15-27(37-5)19(2)31-33-24/h6,9-11,14-15,18,21,25,36H,7-8,12-13,16-17H2,1-5H3/t18-,25-,29-,30-/m1/s1. The molecule has 7 nitrogen and oxygen atoms in total. The molecule has 0 unspecified atom stereocenters. The van der Waals surface area contributed by atoms with Gasteiger partial charge in [-0.15, -0.1) is 15.3 Å². The number of phenols is 1. The van der Waals surface area contributed by atoms with Gasteiger partial charge < -0.3 is 14.7 Å². The molecule has 0 saturated heterocycles. The van der Waals surface area contributed by atoms with Crippen LogP contribution in [-0.4, -0.2) is 44.7 Å². The molecule has 0 spiro atoms. The summed E-state index contributed by atoms with van der Waals surface area (Å²) in [4.78, 5) is 2.59. The molecule has 2 aromatic heterocycles. The number of nitrogens with zero attached hydrogens (tertiary/aromatic N) is 5. The molecule has 3 aliphatic rings. The van der Waals surface area contributed by atoms with Crippen LogP contribution in [0.15, 0.2) is 36.4 Å². The van der Waals surface area contributed by atoms with Crippen molar-refractivity contribution < 1.29 is 9.84 Å². The summed E-state index contributed by atoms with van der Waals surface area (Å²) >= 11 is 0. The fourth-order valence-corrected chi connectivity index (χ4v) is 7.07. The normalized spacial score (nSPS) is 28.8. The van der Waals surface area contributed by atoms with E-state index in [2.05, 4.69) is 47.0 Å². The van der Waals surface area contributed by atoms with E-state index in [1.54, 1.807) is 13.2 Å². The Morgan fingerprint density at radius 2 is 1.76 bits per heavy atom. The summed E-state index contributed by atoms with van der Waals surface area (Å²) < 4.78 is 5.37. The Morgan fingerprint density at radius 3 is 2.43 bits per heavy atom. The number of aromatic hydroxyl groups is 1. The number of rotatable bonds is 6. The fourth-order valence-electron chi connectivity index (χ4n) is 7.07. The van der Waals surface area contributed by atoms with E-state index < -0.39 is 0 Å². The van der Waals surface area contributed by atoms with Crippen molar-refractivity contribution >= 4 is 5.82 Å². The molecule has 4 atom stereocenters. The van der Waals surface area contributed by atoms with Crippen molar-refractivity contribution in [1.82, 2.24) is 20.4 Å². The van der Waals surface area contributed by atoms with Crippen LogP contribution in [0.2, 0.25) is 0 Å². The average molecular weight is 500 g/mol. The maximum atomic E-state index is 10.9. The molecule has 6 rings (SSSR count). The first-order chi connectivity index (χ1) is 17.7. The lowest BCUT2D eigenvalue weighted by Gasteiger charge is -2.50. The molecule has 2 bridgehead atoms. The highest BCUT2D eigenvalue weighted by Gasteiger charge is 2.55. The third-order valence-corrected chi connectivity index (χ3v) is 9.44. The lowest BCUT2D eigenvalue weighted by atomic mass is 9.62. The van der Waals surface area contributed by atoms with Gasteiger partial charge in [-0.3, -0.25) is 0 Å². The molecule has 0 amide bonds. The molecule has 0 aliphatic heterocycles. The summed E-state index contributed by atoms with van der Waals surface area (Å²) in [5.41, 5.74) is 4.29. The molecule has 3 saturated carbocycles. The van der Waals surface area contributed by atoms with E-state index in [9.17, 15) is 5.11 Å². The number of hydrogen-bond donors (Lipinski definition) is 1. The van der Waals surface area contributed by atoms with Crippen LogP contribution in [0.1, 0.15) is 65.0 Å². The minimum atomic E-state index is 0.137. The van der Waals surface area contributed by atoms with Crippen molar-refractivity contribution in [2.45, 2.75) is 78.3 Å². The quantitative estimate of drug-likeness (QED) is 0.432. The second kappa shape index (κ2) is 8.67. The number of hydrogen-bond acceptors (Lipinski definition) is 7. The van der Waals surface area contributed by atoms with Gasteiger partial charge in [-0.1, -0.05) is 26.8 Å². The number of benzene rings is 1. The van der Waals surface area contributed by atoms with Crippen molar-refractivity contribution in [2.24, 2.45) is 16.7 Å². The third-order valence-electron chi connectivity index (χ3n) is 9.44. The first kappa shape index (κ1) is 24.1. The monoisotopic (exact) mass is 499 g/mol. The first-order valence-electron chi connectivity index (χ1n) is 13.5. The van der Waals surface area contributed by atoms with Crippen LogP contribution in [0.3, 0.4) is 0 Å². The molecule has 1 N–H and O–H groups in total. The van der Waals surface area contributed by atoms with Gasteiger partial charge in [0.25, 0.3) is 0 Å². The second-order valence-corrected chi connectivity index (χ2v) is 12.2. The predicted octanol–water partition coefficient (Wildman–Crippen LogP) is 6.20. The Kier molecular flexibility index (Phi) is 5.66. The average Bonchev–Trinajstić information content (AvgIpc) is 3.68. The molecule has 1 aromatic carbocycles. The van der Waals surface area contributed by atoms with E-state index in [4.69, 9.17) is 9.84 Å². The number of aromatic nitrogens is 4. The number of fused-ring (bicyclic) bond motifs is 2. The first-order valence-corrected chi connectivity index (χ1v) is 13.5. The number of aryl methyl sites for hydroxylation is 1. The van der Waals surface area contributed by atoms with Gasteiger partial charge in [0, 0.05) is 29.3 Å². The van der Waals surface area contributed by atoms with Gasteiger partial charge in [0.2, 0.25) is 0 Å². The van der Waals surface area contributed by atoms with Gasteiger partial charge >= 0.3 is 0 Å². The maximum absolute atomic E-state index is 10.9. The summed E-state index contributed by atoms with van der Waals surface area (Å²) in [7, 11) is 1.61. The van der Waals surface area contributed by atoms with Crippen molar-refractivity contribution in [3.8, 4) is 34.0 Å². The highest BCUT2D eigenvalue weighted by atomic mass is 16.5. The zero-order valence-corrected chi connectivity index (χ0v) is 22.5. The van der Waals surface area contributed by atoms with E-state index in [1.807, 2.05) is 31.2 Å². The third kappa shape index (κ3) is 4.22. The molecule has 3 aliphatic carbocycles. The minimum absolute atomic E-state index is 0.137. The van der Waals surface area contributed by atoms with Crippen LogP contribution in [0.4, 0.5) is 5.82 Å². The van der Waals surface area contributed by atoms with E-state index in [0.717, 1.165) is 17.1 Å². The highest BCUT2D eigenvalue weighted by Crippen LogP contribution is 2.62. The summed E-state index contributed by atoms with van der Waals surface area (Å²) in [5.74, 6) is 2.40. The Balaban J connectivity index is 1.27. The largest absolute Gasteiger partial charge is 0.507 e. The van der Waals surface area contributed by atoms with Gasteiger partial charge in [0.1, 0.15) is 17.2 Å². The smallest absolute Gasteiger partial charge is 0.151 e. The van der Waals surface area contributed by atoms with Crippen LogP contribution in [0, 0.1) is 23.7 Å². The molecular formula is C30H37N5O2. The number of anilines is 1. The van der Waals surface area contributed by atoms with Crippen LogP contribution in [-0.2, 0) is 0 Å². The lowest BCUT2D eigenvalue weighted by molar-refractivity contribution is 0.0791. The van der Waals surface area contributed by atoms with Gasteiger partial charge in [-0.2, -0.15) is 5.10 Å². The summed E-state index contributed by atoms with van der Waals surface area (Å²) in [6, 6.07) is 12.5. The predicted molar refractivity (Wildman–Crippen MR) is 145 cm³/mol. The van der Waals surface area contributed by atoms with E-state index in [0.29, 0.717) is 51.5 Å². The van der Waals surface area contributed by atoms with Crippen LogP contribution >= 0.6 is 0 Å². The summed E-state index contributed by atoms with van der Waals surface area (Å²) in [6.45, 7) is 9.30. The Hall–Kier alpha value is -3.22. The van der Waals surface area contributed by atoms with E-state index in [-0.39, 0.29) is 5.75 Å². The van der Waals surface area contributed by atoms with Crippen LogP contribution in [0.5, 0.6) is 11.5 Å². The maximum Gasteiger partial charge on any atom is 0.151 e. The van der Waals surface area contributed by atoms with Gasteiger partial charge in [-0.05, 0) is 86.5 Å². The number of methoxy groups -OCH3 is 1. The molecule has 2 heterocycles. The summed E-state index contributed by atoms with van der Waals surface area (Å²) in [5, 5.41) is 28.6. The Morgan fingerprint density at radius 1 is 0.973 bits per heavy atom. The fraction of sp³-hybridized carbons (Fsp3) is 0.533. The number of phenolic OH excluding ortho intramolecular Hbond substituents is 1. The molecule has 3 aromatic rings. The molecule has 7 heteroatoms. The molecular weight excluding hydrogens is 462 g/mol. The highest BCUT2D eigenvalue weighted by molar-refractivity contribution is 5.73. The number of ether oxygens (including phenoxy) is 1. The van der Waals surface area contributed by atoms with Crippen molar-refractivity contribution in [2.75, 3.05) is 12.0 Å². The van der Waals surface area contributed by atoms with Crippen molar-refractivity contribution in [3.63, 3.8) is 0 Å². The van der Waals surface area contributed by atoms with Gasteiger partial charge in [0.05, 0.1) is 18.5 Å². The van der Waals surface area contributed by atoms with Crippen molar-refractivity contribution in [3.05, 3.63) is 42.1 Å². The molecule has 194 valence electrons. The van der Waals surface area contributed by atoms with E-state index >= 15 is 0 Å². The van der Waals surface area contributed by atoms with Gasteiger partial charge in [-0.25, -0.2) is 0 Å². The second-order valence-electron chi connectivity index (χ2n) is 12.2.